The Bertz CT molecular complexity index is 495. The number of nitrogens with one attached hydrogen (secondary N) is 2. The third-order valence-corrected chi connectivity index (χ3v) is 4.27. The average Bonchev–Trinajstić information content (AvgIpc) is 3.30. The highest BCUT2D eigenvalue weighted by Gasteiger charge is 2.44. The maximum atomic E-state index is 5.08. The van der Waals surface area contributed by atoms with E-state index in [1.54, 1.807) is 7.11 Å². The van der Waals surface area contributed by atoms with Crippen molar-refractivity contribution in [2.75, 3.05) is 33.4 Å². The van der Waals surface area contributed by atoms with E-state index >= 15 is 0 Å². The van der Waals surface area contributed by atoms with Crippen molar-refractivity contribution >= 4 is 5.96 Å². The first-order valence-electron chi connectivity index (χ1n) is 8.29. The van der Waals surface area contributed by atoms with Gasteiger partial charge in [-0.15, -0.1) is 0 Å². The Hall–Kier alpha value is -1.55. The SMILES string of the molecule is CCNC(=NCC1(c2ccccc2C)CC1)NCCCOC. The van der Waals surface area contributed by atoms with E-state index in [2.05, 4.69) is 48.7 Å². The van der Waals surface area contributed by atoms with Crippen molar-refractivity contribution in [1.29, 1.82) is 0 Å². The Balaban J connectivity index is 1.96. The molecular formula is C18H29N3O. The van der Waals surface area contributed by atoms with Gasteiger partial charge in [0, 0.05) is 32.2 Å². The van der Waals surface area contributed by atoms with Gasteiger partial charge in [0.15, 0.2) is 5.96 Å². The van der Waals surface area contributed by atoms with E-state index < -0.39 is 0 Å². The molecule has 4 nitrogen and oxygen atoms in total. The zero-order chi connectivity index (χ0) is 15.8. The largest absolute Gasteiger partial charge is 0.385 e. The van der Waals surface area contributed by atoms with Crippen molar-refractivity contribution in [2.45, 2.75) is 38.5 Å². The second kappa shape index (κ2) is 8.18. The Morgan fingerprint density at radius 3 is 2.68 bits per heavy atom. The molecule has 0 aliphatic heterocycles. The molecule has 1 saturated carbocycles. The van der Waals surface area contributed by atoms with Crippen LogP contribution in [0.5, 0.6) is 0 Å². The molecule has 1 aromatic carbocycles. The van der Waals surface area contributed by atoms with Gasteiger partial charge >= 0.3 is 0 Å². The fourth-order valence-electron chi connectivity index (χ4n) is 2.83. The van der Waals surface area contributed by atoms with Crippen LogP contribution in [0.3, 0.4) is 0 Å². The van der Waals surface area contributed by atoms with E-state index in [0.717, 1.165) is 38.6 Å². The molecule has 1 aliphatic carbocycles. The molecule has 0 spiro atoms. The molecular weight excluding hydrogens is 274 g/mol. The number of hydrogen-bond donors (Lipinski definition) is 2. The second-order valence-electron chi connectivity index (χ2n) is 6.06. The van der Waals surface area contributed by atoms with E-state index in [-0.39, 0.29) is 5.41 Å². The molecule has 2 rings (SSSR count). The van der Waals surface area contributed by atoms with Crippen LogP contribution in [0.25, 0.3) is 0 Å². The van der Waals surface area contributed by atoms with Gasteiger partial charge in [0.05, 0.1) is 6.54 Å². The molecule has 0 heterocycles. The van der Waals surface area contributed by atoms with Crippen molar-refractivity contribution in [3.05, 3.63) is 35.4 Å². The molecule has 0 aromatic heterocycles. The van der Waals surface area contributed by atoms with Gasteiger partial charge in [0.2, 0.25) is 0 Å². The number of guanidine groups is 1. The third-order valence-electron chi connectivity index (χ3n) is 4.27. The van der Waals surface area contributed by atoms with Gasteiger partial charge in [-0.05, 0) is 44.2 Å². The summed E-state index contributed by atoms with van der Waals surface area (Å²) in [5.41, 5.74) is 3.11. The van der Waals surface area contributed by atoms with Crippen LogP contribution in [0.1, 0.15) is 37.3 Å². The van der Waals surface area contributed by atoms with Gasteiger partial charge < -0.3 is 15.4 Å². The fourth-order valence-corrected chi connectivity index (χ4v) is 2.83. The van der Waals surface area contributed by atoms with Crippen LogP contribution in [0, 0.1) is 6.92 Å². The minimum atomic E-state index is 0.264. The number of nitrogens with zero attached hydrogens (tertiary/aromatic N) is 1. The first kappa shape index (κ1) is 16.8. The van der Waals surface area contributed by atoms with Crippen LogP contribution in [-0.4, -0.2) is 39.3 Å². The lowest BCUT2D eigenvalue weighted by molar-refractivity contribution is 0.195. The maximum Gasteiger partial charge on any atom is 0.191 e. The van der Waals surface area contributed by atoms with Gasteiger partial charge in [0.1, 0.15) is 0 Å². The molecule has 22 heavy (non-hydrogen) atoms. The second-order valence-corrected chi connectivity index (χ2v) is 6.06. The van der Waals surface area contributed by atoms with Gasteiger partial charge in [-0.2, -0.15) is 0 Å². The molecule has 2 N–H and O–H groups in total. The number of aryl methyl sites for hydroxylation is 1. The Kier molecular flexibility index (Phi) is 6.25. The summed E-state index contributed by atoms with van der Waals surface area (Å²) in [5, 5.41) is 6.70. The predicted molar refractivity (Wildman–Crippen MR) is 92.6 cm³/mol. The number of ether oxygens (including phenoxy) is 1. The lowest BCUT2D eigenvalue weighted by Gasteiger charge is -2.17. The van der Waals surface area contributed by atoms with Gasteiger partial charge in [-0.25, -0.2) is 0 Å². The van der Waals surface area contributed by atoms with Crippen LogP contribution in [0.15, 0.2) is 29.3 Å². The van der Waals surface area contributed by atoms with E-state index in [9.17, 15) is 0 Å². The molecule has 0 amide bonds. The Morgan fingerprint density at radius 2 is 2.05 bits per heavy atom. The molecule has 0 atom stereocenters. The summed E-state index contributed by atoms with van der Waals surface area (Å²) in [7, 11) is 1.73. The molecule has 0 radical (unpaired) electrons. The molecule has 1 fully saturated rings. The summed E-state index contributed by atoms with van der Waals surface area (Å²) in [6, 6.07) is 8.71. The third kappa shape index (κ3) is 4.47. The zero-order valence-electron chi connectivity index (χ0n) is 14.1. The minimum absolute atomic E-state index is 0.264. The standard InChI is InChI=1S/C18H29N3O/c1-4-19-17(20-12-7-13-22-3)21-14-18(10-11-18)16-9-6-5-8-15(16)2/h5-6,8-9H,4,7,10-14H2,1-3H3,(H2,19,20,21). The van der Waals surface area contributed by atoms with Crippen molar-refractivity contribution < 1.29 is 4.74 Å². The van der Waals surface area contributed by atoms with E-state index in [0.29, 0.717) is 0 Å². The highest BCUT2D eigenvalue weighted by Crippen LogP contribution is 2.49. The summed E-state index contributed by atoms with van der Waals surface area (Å²) in [6.07, 6.45) is 3.47. The van der Waals surface area contributed by atoms with Gasteiger partial charge in [-0.3, -0.25) is 4.99 Å². The number of hydrogen-bond acceptors (Lipinski definition) is 2. The van der Waals surface area contributed by atoms with Crippen molar-refractivity contribution in [1.82, 2.24) is 10.6 Å². The lowest BCUT2D eigenvalue weighted by atomic mass is 9.92. The normalized spacial score (nSPS) is 16.4. The molecule has 1 aromatic rings. The molecule has 0 saturated heterocycles. The molecule has 0 unspecified atom stereocenters. The van der Waals surface area contributed by atoms with E-state index in [4.69, 9.17) is 9.73 Å². The summed E-state index contributed by atoms with van der Waals surface area (Å²) in [5.74, 6) is 0.915. The van der Waals surface area contributed by atoms with Crippen molar-refractivity contribution in [3.8, 4) is 0 Å². The topological polar surface area (TPSA) is 45.7 Å². The molecule has 4 heteroatoms. The monoisotopic (exact) mass is 303 g/mol. The smallest absolute Gasteiger partial charge is 0.191 e. The fraction of sp³-hybridized carbons (Fsp3) is 0.611. The molecule has 122 valence electrons. The van der Waals surface area contributed by atoms with E-state index in [1.165, 1.54) is 24.0 Å². The zero-order valence-corrected chi connectivity index (χ0v) is 14.1. The van der Waals surface area contributed by atoms with Crippen LogP contribution in [-0.2, 0) is 10.2 Å². The highest BCUT2D eigenvalue weighted by atomic mass is 16.5. The highest BCUT2D eigenvalue weighted by molar-refractivity contribution is 5.79. The first-order chi connectivity index (χ1) is 10.7. The summed E-state index contributed by atoms with van der Waals surface area (Å²) in [6.45, 7) is 7.70. The van der Waals surface area contributed by atoms with Gasteiger partial charge in [-0.1, -0.05) is 24.3 Å². The van der Waals surface area contributed by atoms with Crippen molar-refractivity contribution in [3.63, 3.8) is 0 Å². The predicted octanol–water partition coefficient (Wildman–Crippen LogP) is 2.62. The van der Waals surface area contributed by atoms with E-state index in [1.807, 2.05) is 0 Å². The van der Waals surface area contributed by atoms with Crippen LogP contribution >= 0.6 is 0 Å². The minimum Gasteiger partial charge on any atom is -0.385 e. The quantitative estimate of drug-likeness (QED) is 0.441. The van der Waals surface area contributed by atoms with Crippen LogP contribution in [0.4, 0.5) is 0 Å². The number of benzene rings is 1. The number of rotatable bonds is 8. The summed E-state index contributed by atoms with van der Waals surface area (Å²) < 4.78 is 5.08. The van der Waals surface area contributed by atoms with Gasteiger partial charge in [0.25, 0.3) is 0 Å². The summed E-state index contributed by atoms with van der Waals surface area (Å²) in [4.78, 5) is 4.82. The Morgan fingerprint density at radius 1 is 1.27 bits per heavy atom. The maximum absolute atomic E-state index is 5.08. The molecule has 0 bridgehead atoms. The number of aliphatic imine (C=N–C) groups is 1. The average molecular weight is 303 g/mol. The number of methoxy groups -OCH3 is 1. The summed E-state index contributed by atoms with van der Waals surface area (Å²) >= 11 is 0. The van der Waals surface area contributed by atoms with Crippen LogP contribution < -0.4 is 10.6 Å². The van der Waals surface area contributed by atoms with Crippen molar-refractivity contribution in [2.24, 2.45) is 4.99 Å². The lowest BCUT2D eigenvalue weighted by Crippen LogP contribution is -2.38. The first-order valence-corrected chi connectivity index (χ1v) is 8.29. The Labute approximate surface area is 134 Å². The van der Waals surface area contributed by atoms with Crippen LogP contribution in [0.2, 0.25) is 0 Å². The molecule has 1 aliphatic rings.